The third kappa shape index (κ3) is 5.18. The summed E-state index contributed by atoms with van der Waals surface area (Å²) in [5.74, 6) is 1.49. The summed E-state index contributed by atoms with van der Waals surface area (Å²) in [5.41, 5.74) is 2.50. The lowest BCUT2D eigenvalue weighted by atomic mass is 10.1. The fourth-order valence-corrected chi connectivity index (χ4v) is 3.75. The van der Waals surface area contributed by atoms with Gasteiger partial charge in [0.2, 0.25) is 0 Å². The molecule has 0 saturated carbocycles. The second kappa shape index (κ2) is 9.92. The van der Waals surface area contributed by atoms with Crippen molar-refractivity contribution in [2.45, 2.75) is 51.6 Å². The van der Waals surface area contributed by atoms with Gasteiger partial charge >= 0.3 is 0 Å². The van der Waals surface area contributed by atoms with E-state index in [1.807, 2.05) is 47.6 Å². The first kappa shape index (κ1) is 21.4. The van der Waals surface area contributed by atoms with Crippen LogP contribution in [-0.2, 0) is 13.1 Å². The molecule has 0 aliphatic heterocycles. The van der Waals surface area contributed by atoms with Crippen LogP contribution in [-0.4, -0.2) is 38.1 Å². The molecule has 0 unspecified atom stereocenters. The molecule has 0 atom stereocenters. The van der Waals surface area contributed by atoms with E-state index in [1.54, 1.807) is 18.0 Å². The van der Waals surface area contributed by atoms with Crippen molar-refractivity contribution in [1.82, 2.24) is 19.4 Å². The number of amides is 1. The van der Waals surface area contributed by atoms with Gasteiger partial charge in [0.15, 0.2) is 5.65 Å². The number of rotatable bonds is 9. The number of benzene rings is 1. The molecule has 0 saturated heterocycles. The van der Waals surface area contributed by atoms with Gasteiger partial charge in [-0.05, 0) is 61.4 Å². The van der Waals surface area contributed by atoms with E-state index in [2.05, 4.69) is 30.3 Å². The molecule has 0 fully saturated rings. The van der Waals surface area contributed by atoms with E-state index in [9.17, 15) is 4.79 Å². The molecule has 6 heteroatoms. The molecular formula is C23H30N4OS. The third-order valence-electron chi connectivity index (χ3n) is 4.96. The number of fused-ring (bicyclic) bond motifs is 1. The molecule has 0 aliphatic carbocycles. The van der Waals surface area contributed by atoms with Gasteiger partial charge in [-0.3, -0.25) is 4.79 Å². The first-order chi connectivity index (χ1) is 14.0. The van der Waals surface area contributed by atoms with Gasteiger partial charge in [0, 0.05) is 29.7 Å². The van der Waals surface area contributed by atoms with Crippen LogP contribution >= 0.6 is 11.8 Å². The molecule has 2 aromatic heterocycles. The van der Waals surface area contributed by atoms with Gasteiger partial charge in [0.1, 0.15) is 11.3 Å². The highest BCUT2D eigenvalue weighted by atomic mass is 32.2. The van der Waals surface area contributed by atoms with Crippen molar-refractivity contribution in [2.24, 2.45) is 5.92 Å². The van der Waals surface area contributed by atoms with Crippen LogP contribution in [0.15, 0.2) is 47.5 Å². The largest absolute Gasteiger partial charge is 0.331 e. The van der Waals surface area contributed by atoms with Gasteiger partial charge < -0.3 is 9.47 Å². The molecule has 0 spiro atoms. The molecule has 29 heavy (non-hydrogen) atoms. The van der Waals surface area contributed by atoms with E-state index in [0.717, 1.165) is 46.8 Å². The lowest BCUT2D eigenvalue weighted by Crippen LogP contribution is -2.33. The smallest absolute Gasteiger partial charge is 0.254 e. The summed E-state index contributed by atoms with van der Waals surface area (Å²) in [4.78, 5) is 25.7. The van der Waals surface area contributed by atoms with Crippen LogP contribution in [0.25, 0.3) is 11.2 Å². The maximum absolute atomic E-state index is 13.3. The standard InChI is InChI=1S/C23H30N4OS/c1-5-14-27-21(25-20-7-6-13-24-22(20)27)16-26(15-12-17(2)3)23(28)18-8-10-19(29-4)11-9-18/h6-11,13,17H,5,12,14-16H2,1-4H3. The highest BCUT2D eigenvalue weighted by Gasteiger charge is 2.20. The molecule has 1 amide bonds. The van der Waals surface area contributed by atoms with Crippen LogP contribution in [0, 0.1) is 5.92 Å². The topological polar surface area (TPSA) is 51.0 Å². The molecule has 154 valence electrons. The Balaban J connectivity index is 1.91. The highest BCUT2D eigenvalue weighted by molar-refractivity contribution is 7.98. The number of carbonyl (C=O) groups is 1. The van der Waals surface area contributed by atoms with Crippen LogP contribution in [0.4, 0.5) is 0 Å². The van der Waals surface area contributed by atoms with E-state index < -0.39 is 0 Å². The number of aromatic nitrogens is 3. The Morgan fingerprint density at radius 1 is 1.21 bits per heavy atom. The number of imidazole rings is 1. The van der Waals surface area contributed by atoms with Gasteiger partial charge in [-0.25, -0.2) is 9.97 Å². The highest BCUT2D eigenvalue weighted by Crippen LogP contribution is 2.20. The van der Waals surface area contributed by atoms with E-state index in [4.69, 9.17) is 4.98 Å². The second-order valence-electron chi connectivity index (χ2n) is 7.66. The van der Waals surface area contributed by atoms with Crippen molar-refractivity contribution in [2.75, 3.05) is 12.8 Å². The van der Waals surface area contributed by atoms with Crippen molar-refractivity contribution >= 4 is 28.8 Å². The molecular weight excluding hydrogens is 380 g/mol. The van der Waals surface area contributed by atoms with E-state index >= 15 is 0 Å². The van der Waals surface area contributed by atoms with E-state index in [1.165, 1.54) is 0 Å². The summed E-state index contributed by atoms with van der Waals surface area (Å²) >= 11 is 1.68. The Bertz CT molecular complexity index is 949. The Kier molecular flexibility index (Phi) is 7.31. The Labute approximate surface area is 177 Å². The fourth-order valence-electron chi connectivity index (χ4n) is 3.34. The number of hydrogen-bond acceptors (Lipinski definition) is 4. The molecule has 1 aromatic carbocycles. The summed E-state index contributed by atoms with van der Waals surface area (Å²) in [7, 11) is 0. The Morgan fingerprint density at radius 2 is 1.97 bits per heavy atom. The summed E-state index contributed by atoms with van der Waals surface area (Å²) in [6.07, 6.45) is 5.79. The molecule has 0 N–H and O–H groups in total. The summed E-state index contributed by atoms with van der Waals surface area (Å²) < 4.78 is 2.15. The number of thioether (sulfide) groups is 1. The minimum atomic E-state index is 0.0568. The van der Waals surface area contributed by atoms with Crippen LogP contribution < -0.4 is 0 Å². The SMILES string of the molecule is CCCn1c(CN(CCC(C)C)C(=O)c2ccc(SC)cc2)nc2cccnc21. The molecule has 0 aliphatic rings. The van der Waals surface area contributed by atoms with Crippen molar-refractivity contribution in [3.05, 3.63) is 54.0 Å². The maximum Gasteiger partial charge on any atom is 0.254 e. The van der Waals surface area contributed by atoms with Gasteiger partial charge in [-0.2, -0.15) is 0 Å². The quantitative estimate of drug-likeness (QED) is 0.452. The number of aryl methyl sites for hydroxylation is 1. The minimum Gasteiger partial charge on any atom is -0.331 e. The van der Waals surface area contributed by atoms with Crippen molar-refractivity contribution < 1.29 is 4.79 Å². The van der Waals surface area contributed by atoms with Gasteiger partial charge in [0.25, 0.3) is 5.91 Å². The summed E-state index contributed by atoms with van der Waals surface area (Å²) in [5, 5.41) is 0. The van der Waals surface area contributed by atoms with Crippen LogP contribution in [0.1, 0.15) is 49.8 Å². The monoisotopic (exact) mass is 410 g/mol. The average molecular weight is 411 g/mol. The fraction of sp³-hybridized carbons (Fsp3) is 0.435. The average Bonchev–Trinajstić information content (AvgIpc) is 3.08. The minimum absolute atomic E-state index is 0.0568. The summed E-state index contributed by atoms with van der Waals surface area (Å²) in [6.45, 7) is 8.57. The van der Waals surface area contributed by atoms with Crippen molar-refractivity contribution in [1.29, 1.82) is 0 Å². The van der Waals surface area contributed by atoms with E-state index in [-0.39, 0.29) is 5.91 Å². The van der Waals surface area contributed by atoms with Crippen LogP contribution in [0.2, 0.25) is 0 Å². The molecule has 5 nitrogen and oxygen atoms in total. The number of carbonyl (C=O) groups excluding carboxylic acids is 1. The first-order valence-corrected chi connectivity index (χ1v) is 11.5. The molecule has 2 heterocycles. The lowest BCUT2D eigenvalue weighted by molar-refractivity contribution is 0.0729. The lowest BCUT2D eigenvalue weighted by Gasteiger charge is -2.24. The summed E-state index contributed by atoms with van der Waals surface area (Å²) in [6, 6.07) is 11.8. The number of pyridine rings is 1. The van der Waals surface area contributed by atoms with Gasteiger partial charge in [-0.1, -0.05) is 20.8 Å². The second-order valence-corrected chi connectivity index (χ2v) is 8.54. The van der Waals surface area contributed by atoms with Crippen LogP contribution in [0.5, 0.6) is 0 Å². The predicted octanol–water partition coefficient (Wildman–Crippen LogP) is 5.25. The zero-order valence-electron chi connectivity index (χ0n) is 17.8. The molecule has 3 aromatic rings. The van der Waals surface area contributed by atoms with Gasteiger partial charge in [0.05, 0.1) is 6.54 Å². The molecule has 3 rings (SSSR count). The van der Waals surface area contributed by atoms with E-state index in [0.29, 0.717) is 19.0 Å². The maximum atomic E-state index is 13.3. The number of hydrogen-bond donors (Lipinski definition) is 0. The zero-order valence-corrected chi connectivity index (χ0v) is 18.6. The number of nitrogens with zero attached hydrogens (tertiary/aromatic N) is 4. The van der Waals surface area contributed by atoms with Crippen LogP contribution in [0.3, 0.4) is 0 Å². The third-order valence-corrected chi connectivity index (χ3v) is 5.71. The van der Waals surface area contributed by atoms with Crippen molar-refractivity contribution in [3.8, 4) is 0 Å². The predicted molar refractivity (Wildman–Crippen MR) is 120 cm³/mol. The van der Waals surface area contributed by atoms with Gasteiger partial charge in [-0.15, -0.1) is 11.8 Å². The molecule has 0 bridgehead atoms. The normalized spacial score (nSPS) is 11.3. The van der Waals surface area contributed by atoms with Crippen molar-refractivity contribution in [3.63, 3.8) is 0 Å². The Morgan fingerprint density at radius 3 is 2.62 bits per heavy atom. The Hall–Kier alpha value is -2.34. The molecule has 0 radical (unpaired) electrons. The first-order valence-electron chi connectivity index (χ1n) is 10.3. The zero-order chi connectivity index (χ0) is 20.8.